The summed E-state index contributed by atoms with van der Waals surface area (Å²) in [6.07, 6.45) is 1.70. The van der Waals surface area contributed by atoms with E-state index in [1.54, 1.807) is 30.5 Å². The maximum absolute atomic E-state index is 12.6. The number of pyridine rings is 1. The number of ether oxygens (including phenoxy) is 1. The largest absolute Gasteiger partial charge is 0.458 e. The van der Waals surface area contributed by atoms with Crippen LogP contribution in [0.4, 0.5) is 0 Å². The van der Waals surface area contributed by atoms with Crippen molar-refractivity contribution in [1.82, 2.24) is 14.7 Å². The standard InChI is InChI=1S/C23H25N3O4/c1-14(2)21(25-22(28)17-7-5-6-15(3)10-17)23(29)30-13-18-11-20(27)26-12-16(4)8-9-19(26)24-18/h5-12,14,21H,13H2,1-4H3,(H,25,28)/t21-/m0/s1. The monoisotopic (exact) mass is 407 g/mol. The zero-order valence-corrected chi connectivity index (χ0v) is 17.5. The Kier molecular flexibility index (Phi) is 6.30. The molecule has 0 unspecified atom stereocenters. The molecule has 0 aliphatic rings. The summed E-state index contributed by atoms with van der Waals surface area (Å²) in [5.74, 6) is -1.09. The van der Waals surface area contributed by atoms with Gasteiger partial charge in [0.15, 0.2) is 0 Å². The Morgan fingerprint density at radius 1 is 1.10 bits per heavy atom. The van der Waals surface area contributed by atoms with E-state index in [1.165, 1.54) is 10.5 Å². The van der Waals surface area contributed by atoms with E-state index in [9.17, 15) is 14.4 Å². The van der Waals surface area contributed by atoms with Crippen LogP contribution in [0.3, 0.4) is 0 Å². The summed E-state index contributed by atoms with van der Waals surface area (Å²) < 4.78 is 6.82. The number of amides is 1. The number of nitrogens with one attached hydrogen (secondary N) is 1. The fraction of sp³-hybridized carbons (Fsp3) is 0.304. The van der Waals surface area contributed by atoms with Gasteiger partial charge in [-0.25, -0.2) is 9.78 Å². The van der Waals surface area contributed by atoms with E-state index >= 15 is 0 Å². The molecule has 156 valence electrons. The summed E-state index contributed by atoms with van der Waals surface area (Å²) in [7, 11) is 0. The zero-order chi connectivity index (χ0) is 21.8. The van der Waals surface area contributed by atoms with Crippen LogP contribution in [0.2, 0.25) is 0 Å². The van der Waals surface area contributed by atoms with Crippen LogP contribution in [-0.2, 0) is 16.1 Å². The molecule has 0 bridgehead atoms. The highest BCUT2D eigenvalue weighted by Crippen LogP contribution is 2.10. The van der Waals surface area contributed by atoms with Crippen LogP contribution < -0.4 is 10.9 Å². The summed E-state index contributed by atoms with van der Waals surface area (Å²) in [5.41, 5.74) is 2.96. The molecule has 3 aromatic rings. The van der Waals surface area contributed by atoms with Gasteiger partial charge < -0.3 is 10.1 Å². The van der Waals surface area contributed by atoms with Gasteiger partial charge in [0, 0.05) is 17.8 Å². The zero-order valence-electron chi connectivity index (χ0n) is 17.5. The second kappa shape index (κ2) is 8.90. The maximum Gasteiger partial charge on any atom is 0.329 e. The molecule has 0 saturated carbocycles. The van der Waals surface area contributed by atoms with Crippen LogP contribution in [0, 0.1) is 19.8 Å². The topological polar surface area (TPSA) is 89.8 Å². The number of benzene rings is 1. The van der Waals surface area contributed by atoms with Crippen LogP contribution in [0.15, 0.2) is 53.5 Å². The number of aromatic nitrogens is 2. The van der Waals surface area contributed by atoms with E-state index in [1.807, 2.05) is 39.8 Å². The minimum absolute atomic E-state index is 0.151. The molecule has 7 heteroatoms. The first kappa shape index (κ1) is 21.2. The van der Waals surface area contributed by atoms with Crippen molar-refractivity contribution in [2.24, 2.45) is 5.92 Å². The van der Waals surface area contributed by atoms with Crippen LogP contribution in [0.5, 0.6) is 0 Å². The molecule has 3 rings (SSSR count). The number of carbonyl (C=O) groups excluding carboxylic acids is 2. The Bertz CT molecular complexity index is 1150. The van der Waals surface area contributed by atoms with E-state index < -0.39 is 12.0 Å². The van der Waals surface area contributed by atoms with Gasteiger partial charge in [-0.05, 0) is 43.5 Å². The van der Waals surface area contributed by atoms with Gasteiger partial charge in [-0.15, -0.1) is 0 Å². The fourth-order valence-electron chi connectivity index (χ4n) is 3.08. The molecular weight excluding hydrogens is 382 g/mol. The summed E-state index contributed by atoms with van der Waals surface area (Å²) in [6, 6.07) is 11.3. The molecule has 2 heterocycles. The molecule has 7 nitrogen and oxygen atoms in total. The lowest BCUT2D eigenvalue weighted by Crippen LogP contribution is -2.45. The molecule has 1 N–H and O–H groups in total. The second-order valence-corrected chi connectivity index (χ2v) is 7.69. The van der Waals surface area contributed by atoms with Crippen molar-refractivity contribution in [3.8, 4) is 0 Å². The Labute approximate surface area is 174 Å². The molecule has 0 aliphatic heterocycles. The van der Waals surface area contributed by atoms with Gasteiger partial charge in [-0.2, -0.15) is 0 Å². The van der Waals surface area contributed by atoms with Crippen molar-refractivity contribution in [3.05, 3.63) is 81.4 Å². The lowest BCUT2D eigenvalue weighted by atomic mass is 10.0. The second-order valence-electron chi connectivity index (χ2n) is 7.69. The van der Waals surface area contributed by atoms with Gasteiger partial charge in [0.2, 0.25) is 0 Å². The van der Waals surface area contributed by atoms with Crippen molar-refractivity contribution in [1.29, 1.82) is 0 Å². The van der Waals surface area contributed by atoms with E-state index in [2.05, 4.69) is 10.3 Å². The molecular formula is C23H25N3O4. The average molecular weight is 407 g/mol. The summed E-state index contributed by atoms with van der Waals surface area (Å²) in [6.45, 7) is 7.28. The molecule has 30 heavy (non-hydrogen) atoms. The average Bonchev–Trinajstić information content (AvgIpc) is 2.70. The SMILES string of the molecule is Cc1cccc(C(=O)N[C@H](C(=O)OCc2cc(=O)n3cc(C)ccc3n2)C(C)C)c1. The molecule has 0 saturated heterocycles. The molecule has 1 aromatic carbocycles. The highest BCUT2D eigenvalue weighted by atomic mass is 16.5. The highest BCUT2D eigenvalue weighted by Gasteiger charge is 2.26. The minimum Gasteiger partial charge on any atom is -0.458 e. The lowest BCUT2D eigenvalue weighted by molar-refractivity contribution is -0.148. The summed E-state index contributed by atoms with van der Waals surface area (Å²) >= 11 is 0. The van der Waals surface area contributed by atoms with Crippen LogP contribution in [0.25, 0.3) is 5.65 Å². The normalized spacial score (nSPS) is 12.0. The van der Waals surface area contributed by atoms with Gasteiger partial charge in [-0.1, -0.05) is 37.6 Å². The van der Waals surface area contributed by atoms with E-state index in [-0.39, 0.29) is 24.0 Å². The lowest BCUT2D eigenvalue weighted by Gasteiger charge is -2.21. The number of hydrogen-bond acceptors (Lipinski definition) is 5. The van der Waals surface area contributed by atoms with Gasteiger partial charge >= 0.3 is 5.97 Å². The molecule has 0 aliphatic carbocycles. The van der Waals surface area contributed by atoms with E-state index in [4.69, 9.17) is 4.74 Å². The van der Waals surface area contributed by atoms with Crippen molar-refractivity contribution in [2.45, 2.75) is 40.3 Å². The summed E-state index contributed by atoms with van der Waals surface area (Å²) in [4.78, 5) is 41.8. The minimum atomic E-state index is -0.817. The third kappa shape index (κ3) is 4.92. The fourth-order valence-corrected chi connectivity index (χ4v) is 3.08. The molecule has 1 amide bonds. The van der Waals surface area contributed by atoms with E-state index in [0.29, 0.717) is 16.9 Å². The van der Waals surface area contributed by atoms with Gasteiger partial charge in [0.05, 0.1) is 5.69 Å². The molecule has 0 spiro atoms. The number of nitrogens with zero attached hydrogens (tertiary/aromatic N) is 2. The predicted octanol–water partition coefficient (Wildman–Crippen LogP) is 2.81. The highest BCUT2D eigenvalue weighted by molar-refractivity contribution is 5.97. The Morgan fingerprint density at radius 2 is 1.87 bits per heavy atom. The Hall–Kier alpha value is -3.48. The smallest absolute Gasteiger partial charge is 0.329 e. The number of carbonyl (C=O) groups is 2. The van der Waals surface area contributed by atoms with Crippen molar-refractivity contribution in [2.75, 3.05) is 0 Å². The third-order valence-corrected chi connectivity index (χ3v) is 4.71. The van der Waals surface area contributed by atoms with Gasteiger partial charge in [-0.3, -0.25) is 14.0 Å². The predicted molar refractivity (Wildman–Crippen MR) is 113 cm³/mol. The van der Waals surface area contributed by atoms with Crippen molar-refractivity contribution >= 4 is 17.5 Å². The number of esters is 1. The first-order valence-electron chi connectivity index (χ1n) is 9.77. The van der Waals surface area contributed by atoms with E-state index in [0.717, 1.165) is 11.1 Å². The van der Waals surface area contributed by atoms with Crippen molar-refractivity contribution in [3.63, 3.8) is 0 Å². The maximum atomic E-state index is 12.6. The molecule has 1 atom stereocenters. The first-order chi connectivity index (χ1) is 14.2. The number of aryl methyl sites for hydroxylation is 2. The van der Waals surface area contributed by atoms with Crippen molar-refractivity contribution < 1.29 is 14.3 Å². The van der Waals surface area contributed by atoms with Gasteiger partial charge in [0.25, 0.3) is 11.5 Å². The number of rotatable bonds is 6. The molecule has 2 aromatic heterocycles. The molecule has 0 radical (unpaired) electrons. The Balaban J connectivity index is 1.71. The summed E-state index contributed by atoms with van der Waals surface area (Å²) in [5, 5.41) is 2.74. The number of fused-ring (bicyclic) bond motifs is 1. The van der Waals surface area contributed by atoms with Crippen LogP contribution >= 0.6 is 0 Å². The van der Waals surface area contributed by atoms with Crippen LogP contribution in [-0.4, -0.2) is 27.3 Å². The number of hydrogen-bond donors (Lipinski definition) is 1. The third-order valence-electron chi connectivity index (χ3n) is 4.71. The Morgan fingerprint density at radius 3 is 2.57 bits per heavy atom. The first-order valence-corrected chi connectivity index (χ1v) is 9.77. The molecule has 0 fully saturated rings. The quantitative estimate of drug-likeness (QED) is 0.635. The van der Waals surface area contributed by atoms with Crippen LogP contribution in [0.1, 0.15) is 41.0 Å². The van der Waals surface area contributed by atoms with Gasteiger partial charge in [0.1, 0.15) is 18.3 Å².